The molecule has 0 aromatic heterocycles. The lowest BCUT2D eigenvalue weighted by atomic mass is 9.93. The number of rotatable bonds is 7. The third-order valence-electron chi connectivity index (χ3n) is 3.44. The summed E-state index contributed by atoms with van der Waals surface area (Å²) >= 11 is 1.65. The number of nitrogens with zero attached hydrogens (tertiary/aromatic N) is 1. The van der Waals surface area contributed by atoms with E-state index in [1.54, 1.807) is 18.7 Å². The Balaban J connectivity index is 2.52. The van der Waals surface area contributed by atoms with E-state index in [0.29, 0.717) is 24.9 Å². The van der Waals surface area contributed by atoms with Crippen LogP contribution in [0, 0.1) is 11.8 Å². The highest BCUT2D eigenvalue weighted by Gasteiger charge is 2.35. The summed E-state index contributed by atoms with van der Waals surface area (Å²) in [5, 5.41) is 1.02. The van der Waals surface area contributed by atoms with E-state index in [4.69, 9.17) is 4.74 Å². The van der Waals surface area contributed by atoms with Crippen LogP contribution in [0.4, 0.5) is 0 Å². The van der Waals surface area contributed by atoms with Crippen LogP contribution in [0.15, 0.2) is 4.99 Å². The summed E-state index contributed by atoms with van der Waals surface area (Å²) in [5.41, 5.74) is 0. The largest absolute Gasteiger partial charge is 0.469 e. The quantitative estimate of drug-likeness (QED) is 0.534. The second-order valence-corrected chi connectivity index (χ2v) is 6.46. The molecule has 0 aromatic carbocycles. The predicted octanol–water partition coefficient (Wildman–Crippen LogP) is 2.68. The van der Waals surface area contributed by atoms with Crippen molar-refractivity contribution in [3.8, 4) is 0 Å². The Kier molecular flexibility index (Phi) is 7.78. The van der Waals surface area contributed by atoms with Gasteiger partial charge in [-0.2, -0.15) is 0 Å². The van der Waals surface area contributed by atoms with Gasteiger partial charge in [0.1, 0.15) is 6.04 Å². The smallest absolute Gasteiger partial charge is 0.330 e. The lowest BCUT2D eigenvalue weighted by Gasteiger charge is -2.16. The van der Waals surface area contributed by atoms with E-state index in [1.807, 2.05) is 0 Å². The molecule has 1 heterocycles. The molecule has 1 aliphatic heterocycles. The molecule has 0 fully saturated rings. The van der Waals surface area contributed by atoms with Crippen LogP contribution in [0.25, 0.3) is 0 Å². The number of hydrogen-bond acceptors (Lipinski definition) is 6. The molecule has 0 unspecified atom stereocenters. The van der Waals surface area contributed by atoms with Crippen molar-refractivity contribution in [2.75, 3.05) is 19.5 Å². The van der Waals surface area contributed by atoms with E-state index < -0.39 is 0 Å². The van der Waals surface area contributed by atoms with Gasteiger partial charge < -0.3 is 9.47 Å². The molecule has 0 spiro atoms. The van der Waals surface area contributed by atoms with Gasteiger partial charge in [-0.1, -0.05) is 13.8 Å². The molecule has 21 heavy (non-hydrogen) atoms. The number of ether oxygens (including phenoxy) is 2. The van der Waals surface area contributed by atoms with Crippen LogP contribution < -0.4 is 0 Å². The Morgan fingerprint density at radius 1 is 1.43 bits per heavy atom. The van der Waals surface area contributed by atoms with Crippen LogP contribution in [0.2, 0.25) is 0 Å². The molecule has 0 aliphatic carbocycles. The summed E-state index contributed by atoms with van der Waals surface area (Å²) in [7, 11) is 1.40. The van der Waals surface area contributed by atoms with Crippen molar-refractivity contribution in [1.82, 2.24) is 0 Å². The lowest BCUT2D eigenvalue weighted by Crippen LogP contribution is -2.21. The van der Waals surface area contributed by atoms with Crippen LogP contribution in [0.5, 0.6) is 0 Å². The third kappa shape index (κ3) is 5.69. The monoisotopic (exact) mass is 315 g/mol. The topological polar surface area (TPSA) is 65.0 Å². The number of methoxy groups -OCH3 is 1. The van der Waals surface area contributed by atoms with E-state index in [1.165, 1.54) is 7.11 Å². The second-order valence-electron chi connectivity index (χ2n) is 5.35. The van der Waals surface area contributed by atoms with Crippen molar-refractivity contribution in [2.24, 2.45) is 16.8 Å². The molecule has 0 saturated carbocycles. The molecule has 120 valence electrons. The number of hydrogen-bond donors (Lipinski definition) is 0. The van der Waals surface area contributed by atoms with Gasteiger partial charge in [0, 0.05) is 12.3 Å². The van der Waals surface area contributed by atoms with Gasteiger partial charge in [0.25, 0.3) is 0 Å². The zero-order chi connectivity index (χ0) is 15.8. The molecule has 0 aromatic rings. The Morgan fingerprint density at radius 2 is 2.14 bits per heavy atom. The molecule has 6 heteroatoms. The SMILES string of the molecule is CCOC(=O)[C@@H]1C[C@H](C(C)C)C(SCCCC(=O)OC)=N1. The van der Waals surface area contributed by atoms with E-state index in [2.05, 4.69) is 23.6 Å². The Bertz CT molecular complexity index is 395. The van der Waals surface area contributed by atoms with Gasteiger partial charge in [0.15, 0.2) is 0 Å². The van der Waals surface area contributed by atoms with Crippen LogP contribution in [-0.4, -0.2) is 42.5 Å². The van der Waals surface area contributed by atoms with Crippen LogP contribution in [0.3, 0.4) is 0 Å². The van der Waals surface area contributed by atoms with Gasteiger partial charge in [0.05, 0.1) is 18.8 Å². The van der Waals surface area contributed by atoms with Crippen molar-refractivity contribution in [2.45, 2.75) is 46.1 Å². The van der Waals surface area contributed by atoms with Gasteiger partial charge in [-0.25, -0.2) is 4.79 Å². The van der Waals surface area contributed by atoms with Crippen LogP contribution in [-0.2, 0) is 19.1 Å². The molecule has 2 atom stereocenters. The maximum absolute atomic E-state index is 11.8. The highest BCUT2D eigenvalue weighted by atomic mass is 32.2. The van der Waals surface area contributed by atoms with Crippen molar-refractivity contribution in [3.05, 3.63) is 0 Å². The van der Waals surface area contributed by atoms with Gasteiger partial charge in [-0.05, 0) is 31.4 Å². The summed E-state index contributed by atoms with van der Waals surface area (Å²) in [4.78, 5) is 27.4. The third-order valence-corrected chi connectivity index (χ3v) is 4.64. The lowest BCUT2D eigenvalue weighted by molar-refractivity contribution is -0.144. The van der Waals surface area contributed by atoms with Gasteiger partial charge in [-0.15, -0.1) is 11.8 Å². The zero-order valence-electron chi connectivity index (χ0n) is 13.3. The average Bonchev–Trinajstić information content (AvgIpc) is 2.88. The maximum atomic E-state index is 11.8. The predicted molar refractivity (Wildman–Crippen MR) is 84.5 cm³/mol. The molecule has 0 bridgehead atoms. The molecule has 1 aliphatic rings. The van der Waals surface area contributed by atoms with E-state index in [-0.39, 0.29) is 18.0 Å². The van der Waals surface area contributed by atoms with Crippen LogP contribution >= 0.6 is 11.8 Å². The minimum Gasteiger partial charge on any atom is -0.469 e. The fourth-order valence-electron chi connectivity index (χ4n) is 2.23. The van der Waals surface area contributed by atoms with Crippen molar-refractivity contribution >= 4 is 28.7 Å². The minimum absolute atomic E-state index is 0.186. The first-order chi connectivity index (χ1) is 9.99. The first-order valence-electron chi connectivity index (χ1n) is 7.43. The molecular formula is C15H25NO4S. The van der Waals surface area contributed by atoms with Gasteiger partial charge >= 0.3 is 11.9 Å². The normalized spacial score (nSPS) is 21.3. The number of carbonyl (C=O) groups is 2. The number of aliphatic imine (C=N–C) groups is 1. The summed E-state index contributed by atoms with van der Waals surface area (Å²) in [6.07, 6.45) is 1.91. The van der Waals surface area contributed by atoms with Gasteiger partial charge in [-0.3, -0.25) is 9.79 Å². The van der Waals surface area contributed by atoms with E-state index in [9.17, 15) is 9.59 Å². The zero-order valence-corrected chi connectivity index (χ0v) is 14.1. The first kappa shape index (κ1) is 18.0. The molecular weight excluding hydrogens is 290 g/mol. The Labute approximate surface area is 130 Å². The van der Waals surface area contributed by atoms with Gasteiger partial charge in [0.2, 0.25) is 0 Å². The molecule has 1 rings (SSSR count). The minimum atomic E-state index is -0.361. The number of thioether (sulfide) groups is 1. The maximum Gasteiger partial charge on any atom is 0.330 e. The molecule has 0 radical (unpaired) electrons. The fraction of sp³-hybridized carbons (Fsp3) is 0.800. The summed E-state index contributed by atoms with van der Waals surface area (Å²) < 4.78 is 9.67. The van der Waals surface area contributed by atoms with E-state index >= 15 is 0 Å². The van der Waals surface area contributed by atoms with Crippen LogP contribution in [0.1, 0.15) is 40.0 Å². The molecule has 0 amide bonds. The number of esters is 2. The highest BCUT2D eigenvalue weighted by molar-refractivity contribution is 8.14. The number of carbonyl (C=O) groups excluding carboxylic acids is 2. The summed E-state index contributed by atoms with van der Waals surface area (Å²) in [6.45, 7) is 6.48. The molecule has 0 N–H and O–H groups in total. The highest BCUT2D eigenvalue weighted by Crippen LogP contribution is 2.33. The summed E-state index contributed by atoms with van der Waals surface area (Å²) in [6, 6.07) is -0.361. The van der Waals surface area contributed by atoms with Crippen molar-refractivity contribution < 1.29 is 19.1 Å². The van der Waals surface area contributed by atoms with Crippen molar-refractivity contribution in [1.29, 1.82) is 0 Å². The fourth-order valence-corrected chi connectivity index (χ4v) is 3.51. The Hall–Kier alpha value is -1.04. The standard InChI is InChI=1S/C15H25NO4S/c1-5-20-15(18)12-9-11(10(2)3)14(16-12)21-8-6-7-13(17)19-4/h10-12H,5-9H2,1-4H3/t11-,12+/m1/s1. The summed E-state index contributed by atoms with van der Waals surface area (Å²) in [5.74, 6) is 1.15. The average molecular weight is 315 g/mol. The van der Waals surface area contributed by atoms with E-state index in [0.717, 1.165) is 23.6 Å². The first-order valence-corrected chi connectivity index (χ1v) is 8.42. The Morgan fingerprint density at radius 3 is 2.71 bits per heavy atom. The molecule has 0 saturated heterocycles. The molecule has 5 nitrogen and oxygen atoms in total. The second kappa shape index (κ2) is 9.07. The van der Waals surface area contributed by atoms with Crippen molar-refractivity contribution in [3.63, 3.8) is 0 Å².